The van der Waals surface area contributed by atoms with E-state index in [1.807, 2.05) is 0 Å². The summed E-state index contributed by atoms with van der Waals surface area (Å²) in [5, 5.41) is 28.1. The lowest BCUT2D eigenvalue weighted by Crippen LogP contribution is -2.13. The Morgan fingerprint density at radius 2 is 1.73 bits per heavy atom. The zero-order valence-electron chi connectivity index (χ0n) is 16.3. The lowest BCUT2D eigenvalue weighted by atomic mass is 10.0. The highest BCUT2D eigenvalue weighted by Crippen LogP contribution is 2.35. The van der Waals surface area contributed by atoms with Crippen molar-refractivity contribution in [3.63, 3.8) is 0 Å². The lowest BCUT2D eigenvalue weighted by Gasteiger charge is -2.09. The summed E-state index contributed by atoms with van der Waals surface area (Å²) in [4.78, 5) is 47.2. The van der Waals surface area contributed by atoms with Gasteiger partial charge in [0.05, 0.1) is 25.2 Å². The van der Waals surface area contributed by atoms with Gasteiger partial charge in [0.2, 0.25) is 18.2 Å². The van der Waals surface area contributed by atoms with Crippen LogP contribution in [0.5, 0.6) is 11.5 Å². The molecule has 30 heavy (non-hydrogen) atoms. The van der Waals surface area contributed by atoms with Crippen LogP contribution in [0.2, 0.25) is 0 Å². The molecule has 0 spiro atoms. The number of aromatic carboxylic acids is 1. The van der Waals surface area contributed by atoms with E-state index in [-0.39, 0.29) is 17.9 Å². The van der Waals surface area contributed by atoms with E-state index in [1.54, 1.807) is 6.92 Å². The molecular formula is C17H18N4O9. The molecule has 0 bridgehead atoms. The first-order valence-corrected chi connectivity index (χ1v) is 8.52. The number of carbonyl (C=O) groups excluding carboxylic acids is 2. The number of carbonyl (C=O) groups is 3. The third-order valence-electron chi connectivity index (χ3n) is 3.81. The number of hydrogen-bond donors (Lipinski definition) is 1. The number of nitrogens with zero attached hydrogens (tertiary/aromatic N) is 4. The second kappa shape index (κ2) is 9.45. The summed E-state index contributed by atoms with van der Waals surface area (Å²) in [6.07, 6.45) is 0.676. The molecule has 0 aliphatic carbocycles. The fourth-order valence-corrected chi connectivity index (χ4v) is 2.44. The fourth-order valence-electron chi connectivity index (χ4n) is 2.44. The van der Waals surface area contributed by atoms with Gasteiger partial charge in [0, 0.05) is 12.5 Å². The zero-order chi connectivity index (χ0) is 22.4. The van der Waals surface area contributed by atoms with Crippen molar-refractivity contribution in [3.05, 3.63) is 39.2 Å². The summed E-state index contributed by atoms with van der Waals surface area (Å²) >= 11 is 0. The van der Waals surface area contributed by atoms with Crippen LogP contribution in [0.3, 0.4) is 0 Å². The number of ketones is 1. The van der Waals surface area contributed by atoms with Crippen LogP contribution in [-0.4, -0.2) is 57.0 Å². The van der Waals surface area contributed by atoms with E-state index in [0.29, 0.717) is 11.2 Å². The molecule has 0 fully saturated rings. The molecule has 160 valence electrons. The van der Waals surface area contributed by atoms with Crippen molar-refractivity contribution in [2.75, 3.05) is 14.2 Å². The predicted octanol–water partition coefficient (Wildman–Crippen LogP) is 1.43. The standard InChI is InChI=1S/C17H18N4O9/c1-4-5-13(22)30-8-20-18-14(15(19-20)17(24)25)16(23)9-6-11(28-2)12(29-3)7-10(9)21(26)27/h6-7H,4-5,8H2,1-3H3,(H,24,25). The van der Waals surface area contributed by atoms with Crippen LogP contribution in [0.25, 0.3) is 0 Å². The van der Waals surface area contributed by atoms with Crippen molar-refractivity contribution in [1.29, 1.82) is 0 Å². The molecule has 1 N–H and O–H groups in total. The van der Waals surface area contributed by atoms with E-state index >= 15 is 0 Å². The summed E-state index contributed by atoms with van der Waals surface area (Å²) in [5.41, 5.74) is -2.53. The molecule has 0 saturated heterocycles. The largest absolute Gasteiger partial charge is 0.493 e. The van der Waals surface area contributed by atoms with Gasteiger partial charge in [-0.25, -0.2) is 4.79 Å². The second-order valence-electron chi connectivity index (χ2n) is 5.78. The van der Waals surface area contributed by atoms with Crippen molar-refractivity contribution >= 4 is 23.4 Å². The molecule has 0 saturated carbocycles. The molecule has 0 amide bonds. The van der Waals surface area contributed by atoms with Gasteiger partial charge in [-0.3, -0.25) is 19.7 Å². The Morgan fingerprint density at radius 1 is 1.13 bits per heavy atom. The number of rotatable bonds is 10. The smallest absolute Gasteiger partial charge is 0.358 e. The number of carboxylic acids is 1. The summed E-state index contributed by atoms with van der Waals surface area (Å²) < 4.78 is 14.9. The highest BCUT2D eigenvalue weighted by Gasteiger charge is 2.31. The van der Waals surface area contributed by atoms with Crippen LogP contribution in [0.4, 0.5) is 5.69 Å². The maximum atomic E-state index is 12.9. The Bertz CT molecular complexity index is 999. The highest BCUT2D eigenvalue weighted by molar-refractivity contribution is 6.14. The third kappa shape index (κ3) is 4.68. The van der Waals surface area contributed by atoms with Gasteiger partial charge in [-0.05, 0) is 6.42 Å². The van der Waals surface area contributed by atoms with E-state index in [4.69, 9.17) is 14.2 Å². The number of nitro benzene ring substituents is 1. The molecule has 0 aliphatic rings. The van der Waals surface area contributed by atoms with E-state index in [2.05, 4.69) is 10.2 Å². The van der Waals surface area contributed by atoms with Gasteiger partial charge < -0.3 is 19.3 Å². The van der Waals surface area contributed by atoms with Crippen LogP contribution in [0, 0.1) is 10.1 Å². The average molecular weight is 422 g/mol. The lowest BCUT2D eigenvalue weighted by molar-refractivity contribution is -0.385. The first kappa shape index (κ1) is 22.3. The van der Waals surface area contributed by atoms with Crippen LogP contribution < -0.4 is 9.47 Å². The maximum Gasteiger partial charge on any atom is 0.358 e. The predicted molar refractivity (Wildman–Crippen MR) is 97.6 cm³/mol. The monoisotopic (exact) mass is 422 g/mol. The summed E-state index contributed by atoms with van der Waals surface area (Å²) in [7, 11) is 2.53. The van der Waals surface area contributed by atoms with Gasteiger partial charge in [0.1, 0.15) is 5.56 Å². The summed E-state index contributed by atoms with van der Waals surface area (Å²) in [6, 6.07) is 2.02. The molecular weight excluding hydrogens is 404 g/mol. The number of benzene rings is 1. The van der Waals surface area contributed by atoms with Crippen molar-refractivity contribution in [2.45, 2.75) is 26.5 Å². The number of ether oxygens (including phenoxy) is 3. The minimum Gasteiger partial charge on any atom is -0.493 e. The second-order valence-corrected chi connectivity index (χ2v) is 5.78. The van der Waals surface area contributed by atoms with E-state index in [0.717, 1.165) is 12.1 Å². The normalized spacial score (nSPS) is 10.4. The van der Waals surface area contributed by atoms with Gasteiger partial charge in [0.15, 0.2) is 17.2 Å². The first-order chi connectivity index (χ1) is 14.2. The number of carboxylic acid groups (broad SMARTS) is 1. The molecule has 1 aromatic carbocycles. The maximum absolute atomic E-state index is 12.9. The van der Waals surface area contributed by atoms with Crippen LogP contribution in [0.15, 0.2) is 12.1 Å². The van der Waals surface area contributed by atoms with Crippen LogP contribution in [-0.2, 0) is 16.3 Å². The molecule has 1 heterocycles. The molecule has 2 rings (SSSR count). The number of methoxy groups -OCH3 is 2. The Balaban J connectivity index is 2.50. The van der Waals surface area contributed by atoms with Gasteiger partial charge >= 0.3 is 11.9 Å². The highest BCUT2D eigenvalue weighted by atomic mass is 16.6. The Hall–Kier alpha value is -4.03. The number of nitro groups is 1. The summed E-state index contributed by atoms with van der Waals surface area (Å²) in [6.45, 7) is 1.24. The topological polar surface area (TPSA) is 173 Å². The number of esters is 1. The number of aromatic nitrogens is 3. The van der Waals surface area contributed by atoms with E-state index in [9.17, 15) is 29.6 Å². The Labute approximate surface area is 169 Å². The minimum atomic E-state index is -1.59. The van der Waals surface area contributed by atoms with Crippen molar-refractivity contribution in [2.24, 2.45) is 0 Å². The van der Waals surface area contributed by atoms with Gasteiger partial charge in [-0.1, -0.05) is 6.92 Å². The SMILES string of the molecule is CCCC(=O)OCn1nc(C(=O)O)c(C(=O)c2cc(OC)c(OC)cc2[N+](=O)[O-])n1. The van der Waals surface area contributed by atoms with Gasteiger partial charge in [0.25, 0.3) is 5.69 Å². The quantitative estimate of drug-likeness (QED) is 0.254. The van der Waals surface area contributed by atoms with E-state index < -0.39 is 52.0 Å². The fraction of sp³-hybridized carbons (Fsp3) is 0.353. The van der Waals surface area contributed by atoms with Crippen LogP contribution in [0.1, 0.15) is 46.3 Å². The molecule has 13 nitrogen and oxygen atoms in total. The zero-order valence-corrected chi connectivity index (χ0v) is 16.3. The van der Waals surface area contributed by atoms with Crippen molar-refractivity contribution in [3.8, 4) is 11.5 Å². The van der Waals surface area contributed by atoms with Crippen molar-refractivity contribution < 1.29 is 38.6 Å². The average Bonchev–Trinajstić information content (AvgIpc) is 3.15. The Kier molecular flexibility index (Phi) is 7.01. The minimum absolute atomic E-state index is 0.00528. The van der Waals surface area contributed by atoms with Gasteiger partial charge in [-0.15, -0.1) is 15.0 Å². The molecule has 0 atom stereocenters. The third-order valence-corrected chi connectivity index (χ3v) is 3.81. The first-order valence-electron chi connectivity index (χ1n) is 8.52. The Morgan fingerprint density at radius 3 is 2.27 bits per heavy atom. The molecule has 13 heteroatoms. The molecule has 0 unspecified atom stereocenters. The van der Waals surface area contributed by atoms with E-state index in [1.165, 1.54) is 14.2 Å². The summed E-state index contributed by atoms with van der Waals surface area (Å²) in [5.74, 6) is -3.20. The molecule has 1 aromatic heterocycles. The van der Waals surface area contributed by atoms with Crippen LogP contribution >= 0.6 is 0 Å². The van der Waals surface area contributed by atoms with Crippen molar-refractivity contribution in [1.82, 2.24) is 15.0 Å². The molecule has 2 aromatic rings. The molecule has 0 aliphatic heterocycles. The number of hydrogen-bond acceptors (Lipinski definition) is 10. The molecule has 0 radical (unpaired) electrons. The van der Waals surface area contributed by atoms with Gasteiger partial charge in [-0.2, -0.15) is 0 Å².